The maximum absolute atomic E-state index is 13.4. The van der Waals surface area contributed by atoms with Gasteiger partial charge in [-0.3, -0.25) is 4.79 Å². The summed E-state index contributed by atoms with van der Waals surface area (Å²) in [6.45, 7) is 5.46. The molecule has 5 heteroatoms. The number of furan rings is 1. The smallest absolute Gasteiger partial charge is 0.259 e. The highest BCUT2D eigenvalue weighted by Gasteiger charge is 2.18. The van der Waals surface area contributed by atoms with Crippen LogP contribution in [-0.4, -0.2) is 5.91 Å². The Hall–Kier alpha value is -2.14. The maximum Gasteiger partial charge on any atom is 0.259 e. The predicted octanol–water partition coefficient (Wildman–Crippen LogP) is 3.05. The Morgan fingerprint density at radius 1 is 1.30 bits per heavy atom. The predicted molar refractivity (Wildman–Crippen MR) is 75.2 cm³/mol. The van der Waals surface area contributed by atoms with Crippen LogP contribution in [0.5, 0.6) is 0 Å². The highest BCUT2D eigenvalue weighted by Crippen LogP contribution is 2.22. The third-order valence-corrected chi connectivity index (χ3v) is 3.31. The van der Waals surface area contributed by atoms with E-state index in [-0.39, 0.29) is 18.3 Å². The quantitative estimate of drug-likeness (QED) is 0.905. The number of nitrogens with one attached hydrogen (secondary N) is 1. The molecule has 106 valence electrons. The molecule has 0 saturated carbocycles. The van der Waals surface area contributed by atoms with Gasteiger partial charge in [-0.2, -0.15) is 0 Å². The van der Waals surface area contributed by atoms with Crippen LogP contribution in [0.3, 0.4) is 0 Å². The van der Waals surface area contributed by atoms with E-state index >= 15 is 0 Å². The molecule has 0 aliphatic carbocycles. The van der Waals surface area contributed by atoms with Gasteiger partial charge in [0.2, 0.25) is 0 Å². The van der Waals surface area contributed by atoms with Crippen molar-refractivity contribution in [3.8, 4) is 0 Å². The Labute approximate surface area is 116 Å². The van der Waals surface area contributed by atoms with Gasteiger partial charge in [-0.1, -0.05) is 0 Å². The normalized spacial score (nSPS) is 10.7. The molecule has 0 aliphatic rings. The molecule has 20 heavy (non-hydrogen) atoms. The zero-order valence-electron chi connectivity index (χ0n) is 11.7. The molecule has 3 N–H and O–H groups in total. The van der Waals surface area contributed by atoms with Gasteiger partial charge in [0, 0.05) is 23.4 Å². The number of amides is 1. The lowest BCUT2D eigenvalue weighted by Gasteiger charge is -2.07. The number of hydrogen-bond acceptors (Lipinski definition) is 3. The van der Waals surface area contributed by atoms with Crippen molar-refractivity contribution >= 4 is 11.6 Å². The summed E-state index contributed by atoms with van der Waals surface area (Å²) in [5, 5.41) is 2.73. The number of nitrogens with two attached hydrogens (primary N) is 1. The van der Waals surface area contributed by atoms with Crippen molar-refractivity contribution in [2.75, 3.05) is 5.32 Å². The molecule has 0 saturated heterocycles. The van der Waals surface area contributed by atoms with E-state index in [1.54, 1.807) is 6.92 Å². The van der Waals surface area contributed by atoms with E-state index in [0.717, 1.165) is 11.3 Å². The standard InChI is InChI=1S/C15H17FN2O2/c1-8-9(2)20-10(3)14(8)15(19)18-12-4-5-13(16)11(6-12)7-17/h4-6H,7,17H2,1-3H3,(H,18,19). The fraction of sp³-hybridized carbons (Fsp3) is 0.267. The van der Waals surface area contributed by atoms with Gasteiger partial charge in [-0.25, -0.2) is 4.39 Å². The summed E-state index contributed by atoms with van der Waals surface area (Å²) >= 11 is 0. The summed E-state index contributed by atoms with van der Waals surface area (Å²) in [5.74, 6) is 0.636. The molecule has 0 unspecified atom stereocenters. The van der Waals surface area contributed by atoms with Crippen molar-refractivity contribution in [2.24, 2.45) is 5.73 Å². The average Bonchev–Trinajstić information content (AvgIpc) is 2.65. The van der Waals surface area contributed by atoms with E-state index in [2.05, 4.69) is 5.32 Å². The topological polar surface area (TPSA) is 68.3 Å². The van der Waals surface area contributed by atoms with Crippen molar-refractivity contribution in [1.29, 1.82) is 0 Å². The van der Waals surface area contributed by atoms with Crippen LogP contribution >= 0.6 is 0 Å². The molecule has 1 aromatic carbocycles. The average molecular weight is 276 g/mol. The number of halogens is 1. The van der Waals surface area contributed by atoms with Crippen molar-refractivity contribution in [2.45, 2.75) is 27.3 Å². The lowest BCUT2D eigenvalue weighted by Crippen LogP contribution is -2.14. The molecule has 0 radical (unpaired) electrons. The number of rotatable bonds is 3. The van der Waals surface area contributed by atoms with Gasteiger partial charge in [-0.15, -0.1) is 0 Å². The Kier molecular flexibility index (Phi) is 3.90. The number of benzene rings is 1. The number of hydrogen-bond donors (Lipinski definition) is 2. The van der Waals surface area contributed by atoms with E-state index in [1.807, 2.05) is 13.8 Å². The van der Waals surface area contributed by atoms with Crippen LogP contribution < -0.4 is 11.1 Å². The molecule has 0 atom stereocenters. The minimum atomic E-state index is -0.378. The lowest BCUT2D eigenvalue weighted by atomic mass is 10.1. The fourth-order valence-electron chi connectivity index (χ4n) is 2.13. The van der Waals surface area contributed by atoms with E-state index in [4.69, 9.17) is 10.2 Å². The number of carbonyl (C=O) groups excluding carboxylic acids is 1. The van der Waals surface area contributed by atoms with Gasteiger partial charge in [-0.05, 0) is 39.0 Å². The highest BCUT2D eigenvalue weighted by molar-refractivity contribution is 6.06. The van der Waals surface area contributed by atoms with Gasteiger partial charge in [0.15, 0.2) is 0 Å². The van der Waals surface area contributed by atoms with Crippen LogP contribution in [0.1, 0.15) is 33.0 Å². The van der Waals surface area contributed by atoms with Crippen LogP contribution in [0.4, 0.5) is 10.1 Å². The van der Waals surface area contributed by atoms with Gasteiger partial charge >= 0.3 is 0 Å². The lowest BCUT2D eigenvalue weighted by molar-refractivity contribution is 0.102. The van der Waals surface area contributed by atoms with Crippen LogP contribution in [0.15, 0.2) is 22.6 Å². The molecule has 2 rings (SSSR count). The number of anilines is 1. The highest BCUT2D eigenvalue weighted by atomic mass is 19.1. The van der Waals surface area contributed by atoms with E-state index in [9.17, 15) is 9.18 Å². The molecule has 1 aromatic heterocycles. The third-order valence-electron chi connectivity index (χ3n) is 3.31. The Morgan fingerprint density at radius 3 is 2.55 bits per heavy atom. The molecule has 1 amide bonds. The summed E-state index contributed by atoms with van der Waals surface area (Å²) in [4.78, 5) is 12.3. The summed E-state index contributed by atoms with van der Waals surface area (Å²) in [7, 11) is 0. The summed E-state index contributed by atoms with van der Waals surface area (Å²) in [5.41, 5.74) is 7.64. The van der Waals surface area contributed by atoms with Gasteiger partial charge in [0.1, 0.15) is 17.3 Å². The Bertz CT molecular complexity index is 662. The van der Waals surface area contributed by atoms with Crippen molar-refractivity contribution in [3.05, 3.63) is 52.2 Å². The first kappa shape index (κ1) is 14.3. The number of carbonyl (C=O) groups is 1. The van der Waals surface area contributed by atoms with E-state index in [1.165, 1.54) is 18.2 Å². The number of aryl methyl sites for hydroxylation is 2. The van der Waals surface area contributed by atoms with Crippen LogP contribution in [0.25, 0.3) is 0 Å². The van der Waals surface area contributed by atoms with Crippen LogP contribution in [0, 0.1) is 26.6 Å². The third kappa shape index (κ3) is 2.58. The Morgan fingerprint density at radius 2 is 2.00 bits per heavy atom. The molecule has 4 nitrogen and oxygen atoms in total. The monoisotopic (exact) mass is 276 g/mol. The molecule has 0 bridgehead atoms. The SMILES string of the molecule is Cc1oc(C)c(C(=O)Nc2ccc(F)c(CN)c2)c1C. The van der Waals surface area contributed by atoms with Crippen molar-refractivity contribution < 1.29 is 13.6 Å². The van der Waals surface area contributed by atoms with Gasteiger partial charge < -0.3 is 15.5 Å². The largest absolute Gasteiger partial charge is 0.466 e. The molecule has 0 fully saturated rings. The van der Waals surface area contributed by atoms with Crippen molar-refractivity contribution in [1.82, 2.24) is 0 Å². The first-order valence-corrected chi connectivity index (χ1v) is 6.30. The summed E-state index contributed by atoms with van der Waals surface area (Å²) in [6, 6.07) is 4.33. The molecular formula is C15H17FN2O2. The fourth-order valence-corrected chi connectivity index (χ4v) is 2.13. The second kappa shape index (κ2) is 5.46. The van der Waals surface area contributed by atoms with Gasteiger partial charge in [0.25, 0.3) is 5.91 Å². The molecule has 2 aromatic rings. The maximum atomic E-state index is 13.4. The molecule has 0 aliphatic heterocycles. The minimum absolute atomic E-state index is 0.0818. The molecule has 0 spiro atoms. The van der Waals surface area contributed by atoms with E-state index < -0.39 is 0 Å². The zero-order chi connectivity index (χ0) is 14.9. The summed E-state index contributed by atoms with van der Waals surface area (Å²) < 4.78 is 18.8. The second-order valence-electron chi connectivity index (χ2n) is 4.68. The van der Waals surface area contributed by atoms with Crippen LogP contribution in [0.2, 0.25) is 0 Å². The minimum Gasteiger partial charge on any atom is -0.466 e. The summed E-state index contributed by atoms with van der Waals surface area (Å²) in [6.07, 6.45) is 0. The van der Waals surface area contributed by atoms with Crippen molar-refractivity contribution in [3.63, 3.8) is 0 Å². The first-order valence-electron chi connectivity index (χ1n) is 6.30. The van der Waals surface area contributed by atoms with E-state index in [0.29, 0.717) is 22.6 Å². The first-order chi connectivity index (χ1) is 9.43. The second-order valence-corrected chi connectivity index (χ2v) is 4.68. The molecule has 1 heterocycles. The molecular weight excluding hydrogens is 259 g/mol. The van der Waals surface area contributed by atoms with Gasteiger partial charge in [0.05, 0.1) is 5.56 Å². The van der Waals surface area contributed by atoms with Crippen LogP contribution in [-0.2, 0) is 6.54 Å². The zero-order valence-corrected chi connectivity index (χ0v) is 11.7. The Balaban J connectivity index is 2.28.